The fourth-order valence-corrected chi connectivity index (χ4v) is 7.47. The highest BCUT2D eigenvalue weighted by atomic mass is 15.0. The van der Waals surface area contributed by atoms with Crippen molar-refractivity contribution in [2.75, 3.05) is 0 Å². The van der Waals surface area contributed by atoms with Crippen LogP contribution in [-0.4, -0.2) is 19.5 Å². The number of benzene rings is 7. The minimum absolute atomic E-state index is 0.588. The van der Waals surface area contributed by atoms with Crippen LogP contribution in [0.5, 0.6) is 0 Å². The first kappa shape index (κ1) is 30.5. The first-order valence-corrected chi connectivity index (χ1v) is 17.7. The van der Waals surface area contributed by atoms with E-state index in [9.17, 15) is 0 Å². The highest BCUT2D eigenvalue weighted by Gasteiger charge is 2.17. The van der Waals surface area contributed by atoms with Crippen LogP contribution in [0.25, 0.3) is 94.7 Å². The molecule has 0 atom stereocenters. The normalized spacial score (nSPS) is 11.2. The van der Waals surface area contributed by atoms with Crippen molar-refractivity contribution in [3.05, 3.63) is 194 Å². The Balaban J connectivity index is 1.11. The van der Waals surface area contributed by atoms with E-state index >= 15 is 0 Å². The first-order chi connectivity index (χ1) is 26.3. The molecule has 0 bridgehead atoms. The van der Waals surface area contributed by atoms with Gasteiger partial charge in [-0.2, -0.15) is 0 Å². The van der Waals surface area contributed by atoms with Crippen LogP contribution >= 0.6 is 0 Å². The molecule has 246 valence electrons. The number of nitrogens with zero attached hydrogens (tertiary/aromatic N) is 4. The molecule has 0 amide bonds. The van der Waals surface area contributed by atoms with Gasteiger partial charge >= 0.3 is 0 Å². The average molecular weight is 675 g/mol. The SMILES string of the molecule is c1ccc(-c2nc(-c3cccc(-c4cccc(-n5c6ccccc6c6ccccc65)c4)c3)nc(-c3ccc(-c4ccccc4)c4ccccc34)n2)cc#1. The Morgan fingerprint density at radius 2 is 0.906 bits per heavy atom. The molecule has 10 rings (SSSR count). The summed E-state index contributed by atoms with van der Waals surface area (Å²) in [6.07, 6.45) is 0. The van der Waals surface area contributed by atoms with Crippen molar-refractivity contribution in [2.45, 2.75) is 0 Å². The third kappa shape index (κ3) is 5.40. The van der Waals surface area contributed by atoms with E-state index in [0.717, 1.165) is 44.3 Å². The molecule has 0 aliphatic heterocycles. The molecule has 0 saturated heterocycles. The van der Waals surface area contributed by atoms with Crippen molar-refractivity contribution in [1.29, 1.82) is 0 Å². The van der Waals surface area contributed by atoms with Crippen molar-refractivity contribution < 1.29 is 0 Å². The zero-order chi connectivity index (χ0) is 35.1. The summed E-state index contributed by atoms with van der Waals surface area (Å²) in [6.45, 7) is 0. The van der Waals surface area contributed by atoms with Crippen LogP contribution in [0.15, 0.2) is 182 Å². The minimum atomic E-state index is 0.588. The van der Waals surface area contributed by atoms with Crippen LogP contribution in [0.4, 0.5) is 0 Å². The molecule has 4 nitrogen and oxygen atoms in total. The van der Waals surface area contributed by atoms with Crippen molar-refractivity contribution in [3.63, 3.8) is 0 Å². The van der Waals surface area contributed by atoms with Gasteiger partial charge in [-0.1, -0.05) is 140 Å². The summed E-state index contributed by atoms with van der Waals surface area (Å²) in [4.78, 5) is 15.3. The minimum Gasteiger partial charge on any atom is -0.309 e. The van der Waals surface area contributed by atoms with E-state index in [1.807, 2.05) is 24.3 Å². The topological polar surface area (TPSA) is 43.6 Å². The molecule has 2 heterocycles. The van der Waals surface area contributed by atoms with Crippen LogP contribution in [-0.2, 0) is 0 Å². The summed E-state index contributed by atoms with van der Waals surface area (Å²) in [7, 11) is 0. The van der Waals surface area contributed by atoms with Crippen LogP contribution in [0.3, 0.4) is 0 Å². The van der Waals surface area contributed by atoms with Crippen molar-refractivity contribution >= 4 is 32.6 Å². The molecule has 0 N–H and O–H groups in total. The van der Waals surface area contributed by atoms with Gasteiger partial charge in [-0.3, -0.25) is 0 Å². The molecule has 10 aromatic rings. The largest absolute Gasteiger partial charge is 0.309 e. The Morgan fingerprint density at radius 1 is 0.358 bits per heavy atom. The zero-order valence-electron chi connectivity index (χ0n) is 28.6. The van der Waals surface area contributed by atoms with Crippen LogP contribution < -0.4 is 0 Å². The van der Waals surface area contributed by atoms with Crippen molar-refractivity contribution in [2.24, 2.45) is 0 Å². The summed E-state index contributed by atoms with van der Waals surface area (Å²) in [5.74, 6) is 1.81. The molecule has 0 spiro atoms. The highest BCUT2D eigenvalue weighted by molar-refractivity contribution is 6.09. The maximum Gasteiger partial charge on any atom is 0.164 e. The van der Waals surface area contributed by atoms with Gasteiger partial charge in [-0.25, -0.2) is 15.0 Å². The Bertz CT molecular complexity index is 2890. The van der Waals surface area contributed by atoms with Crippen molar-refractivity contribution in [1.82, 2.24) is 19.5 Å². The Kier molecular flexibility index (Phi) is 7.34. The van der Waals surface area contributed by atoms with E-state index in [4.69, 9.17) is 15.0 Å². The summed E-state index contributed by atoms with van der Waals surface area (Å²) in [5, 5.41) is 4.72. The second kappa shape index (κ2) is 12.8. The maximum absolute atomic E-state index is 5.17. The van der Waals surface area contributed by atoms with Gasteiger partial charge in [0.2, 0.25) is 0 Å². The fourth-order valence-electron chi connectivity index (χ4n) is 7.47. The molecule has 0 saturated carbocycles. The third-order valence-corrected chi connectivity index (χ3v) is 9.94. The summed E-state index contributed by atoms with van der Waals surface area (Å²) in [6, 6.07) is 69.5. The van der Waals surface area contributed by atoms with Crippen LogP contribution in [0.2, 0.25) is 0 Å². The molecule has 53 heavy (non-hydrogen) atoms. The molecular formula is C49H30N4. The number of para-hydroxylation sites is 2. The highest BCUT2D eigenvalue weighted by Crippen LogP contribution is 2.37. The molecular weight excluding hydrogens is 645 g/mol. The lowest BCUT2D eigenvalue weighted by Crippen LogP contribution is -2.01. The number of fused-ring (bicyclic) bond motifs is 4. The molecule has 2 aromatic heterocycles. The first-order valence-electron chi connectivity index (χ1n) is 17.7. The van der Waals surface area contributed by atoms with Gasteiger partial charge in [0.05, 0.1) is 11.0 Å². The number of hydrogen-bond donors (Lipinski definition) is 0. The maximum atomic E-state index is 5.17. The average Bonchev–Trinajstić information content (AvgIpc) is 3.58. The molecule has 0 radical (unpaired) electrons. The number of hydrogen-bond acceptors (Lipinski definition) is 3. The Morgan fingerprint density at radius 3 is 1.62 bits per heavy atom. The molecule has 8 aromatic carbocycles. The standard InChI is InChI=1S/C49H30N4/c1-3-15-33(16-4-1)39-29-30-44(41-24-8-7-23-40(39)41)49-51-47(34-17-5-2-6-18-34)50-48(52-49)37-21-13-19-35(31-37)36-20-14-22-38(32-36)53-45-27-11-9-25-42(45)43-26-10-12-28-46(43)53/h1,3-5,7-32H. The summed E-state index contributed by atoms with van der Waals surface area (Å²) >= 11 is 0. The smallest absolute Gasteiger partial charge is 0.164 e. The summed E-state index contributed by atoms with van der Waals surface area (Å²) in [5.41, 5.74) is 10.7. The van der Waals surface area contributed by atoms with Gasteiger partial charge < -0.3 is 4.57 Å². The monoisotopic (exact) mass is 674 g/mol. The van der Waals surface area contributed by atoms with Gasteiger partial charge in [0.25, 0.3) is 0 Å². The fraction of sp³-hybridized carbons (Fsp3) is 0. The molecule has 0 fully saturated rings. The van der Waals surface area contributed by atoms with Gasteiger partial charge in [0, 0.05) is 33.2 Å². The lowest BCUT2D eigenvalue weighted by atomic mass is 9.94. The van der Waals surface area contributed by atoms with E-state index in [1.165, 1.54) is 32.9 Å². The van der Waals surface area contributed by atoms with Gasteiger partial charge in [-0.05, 0) is 87.6 Å². The Labute approximate surface area is 307 Å². The predicted molar refractivity (Wildman–Crippen MR) is 217 cm³/mol. The van der Waals surface area contributed by atoms with Crippen LogP contribution in [0.1, 0.15) is 0 Å². The van der Waals surface area contributed by atoms with Gasteiger partial charge in [-0.15, -0.1) is 0 Å². The Hall–Kier alpha value is -7.35. The van der Waals surface area contributed by atoms with E-state index in [1.54, 1.807) is 0 Å². The molecule has 4 heteroatoms. The van der Waals surface area contributed by atoms with Gasteiger partial charge in [0.1, 0.15) is 0 Å². The molecule has 0 aliphatic rings. The lowest BCUT2D eigenvalue weighted by Gasteiger charge is -2.13. The van der Waals surface area contributed by atoms with Gasteiger partial charge in [0.15, 0.2) is 17.5 Å². The predicted octanol–water partition coefficient (Wildman–Crippen LogP) is 12.1. The quantitative estimate of drug-likeness (QED) is 0.176. The number of aromatic nitrogens is 4. The lowest BCUT2D eigenvalue weighted by molar-refractivity contribution is 1.08. The second-order valence-electron chi connectivity index (χ2n) is 13.1. The number of rotatable bonds is 6. The summed E-state index contributed by atoms with van der Waals surface area (Å²) < 4.78 is 2.35. The third-order valence-electron chi connectivity index (χ3n) is 9.94. The zero-order valence-corrected chi connectivity index (χ0v) is 28.6. The second-order valence-corrected chi connectivity index (χ2v) is 13.1. The van der Waals surface area contributed by atoms with Crippen LogP contribution in [0, 0.1) is 12.1 Å². The van der Waals surface area contributed by atoms with E-state index < -0.39 is 0 Å². The van der Waals surface area contributed by atoms with E-state index in [2.05, 4.69) is 174 Å². The van der Waals surface area contributed by atoms with E-state index in [0.29, 0.717) is 17.5 Å². The molecule has 0 unspecified atom stereocenters. The van der Waals surface area contributed by atoms with E-state index in [-0.39, 0.29) is 0 Å². The molecule has 0 aliphatic carbocycles. The van der Waals surface area contributed by atoms with Crippen molar-refractivity contribution in [3.8, 4) is 62.1 Å².